The number of rotatable bonds is 4. The van der Waals surface area contributed by atoms with Crippen molar-refractivity contribution in [1.29, 1.82) is 0 Å². The molecule has 0 aliphatic heterocycles. The van der Waals surface area contributed by atoms with E-state index in [1.54, 1.807) is 0 Å². The van der Waals surface area contributed by atoms with Crippen LogP contribution in [-0.4, -0.2) is 0 Å². The van der Waals surface area contributed by atoms with Crippen LogP contribution in [0.3, 0.4) is 0 Å². The third-order valence-corrected chi connectivity index (χ3v) is 7.07. The van der Waals surface area contributed by atoms with Crippen LogP contribution in [0.1, 0.15) is 11.1 Å². The molecule has 1 nitrogen and oxygen atoms in total. The average molecular weight is 461 g/mol. The maximum atomic E-state index is 6.11. The zero-order valence-electron chi connectivity index (χ0n) is 19.8. The molecule has 0 N–H and O–H groups in total. The van der Waals surface area contributed by atoms with Gasteiger partial charge in [0.2, 0.25) is 0 Å². The van der Waals surface area contributed by atoms with E-state index in [-0.39, 0.29) is 0 Å². The van der Waals surface area contributed by atoms with Gasteiger partial charge in [-0.3, -0.25) is 0 Å². The van der Waals surface area contributed by atoms with Crippen LogP contribution in [0.25, 0.3) is 55.0 Å². The van der Waals surface area contributed by atoms with Gasteiger partial charge in [0.25, 0.3) is 0 Å². The quantitative estimate of drug-likeness (QED) is 0.255. The lowest BCUT2D eigenvalue weighted by Crippen LogP contribution is -1.89. The van der Waals surface area contributed by atoms with E-state index in [9.17, 15) is 0 Å². The first-order valence-electron chi connectivity index (χ1n) is 12.4. The van der Waals surface area contributed by atoms with Crippen LogP contribution in [0, 0.1) is 0 Å². The summed E-state index contributed by atoms with van der Waals surface area (Å²) in [5.41, 5.74) is 9.41. The van der Waals surface area contributed by atoms with Crippen molar-refractivity contribution in [1.82, 2.24) is 0 Å². The topological polar surface area (TPSA) is 13.1 Å². The highest BCUT2D eigenvalue weighted by Gasteiger charge is 2.09. The molecule has 6 aromatic carbocycles. The predicted octanol–water partition coefficient (Wildman–Crippen LogP) is 9.66. The number of fused-ring (bicyclic) bond motifs is 4. The van der Waals surface area contributed by atoms with Gasteiger partial charge >= 0.3 is 0 Å². The van der Waals surface area contributed by atoms with Crippen molar-refractivity contribution in [2.75, 3.05) is 0 Å². The molecule has 36 heavy (non-hydrogen) atoms. The first-order valence-corrected chi connectivity index (χ1v) is 12.4. The van der Waals surface area contributed by atoms with Gasteiger partial charge in [-0.1, -0.05) is 115 Å². The number of hydrogen-bond donors (Lipinski definition) is 0. The Morgan fingerprint density at radius 3 is 2.03 bits per heavy atom. The smallest absolute Gasteiger partial charge is 0.135 e. The van der Waals surface area contributed by atoms with E-state index in [1.807, 2.05) is 12.1 Å². The van der Waals surface area contributed by atoms with E-state index in [0.717, 1.165) is 17.6 Å². The first-order chi connectivity index (χ1) is 17.8. The van der Waals surface area contributed by atoms with E-state index in [4.69, 9.17) is 4.42 Å². The first kappa shape index (κ1) is 20.7. The van der Waals surface area contributed by atoms with Gasteiger partial charge in [0.05, 0.1) is 0 Å². The molecular formula is C35H24O. The summed E-state index contributed by atoms with van der Waals surface area (Å²) in [6.45, 7) is 0. The zero-order chi connectivity index (χ0) is 23.9. The van der Waals surface area contributed by atoms with Crippen molar-refractivity contribution in [2.45, 2.75) is 6.42 Å². The number of benzene rings is 6. The molecule has 0 amide bonds. The van der Waals surface area contributed by atoms with Gasteiger partial charge in [-0.05, 0) is 68.8 Å². The molecule has 0 spiro atoms. The van der Waals surface area contributed by atoms with Gasteiger partial charge in [0, 0.05) is 10.8 Å². The summed E-state index contributed by atoms with van der Waals surface area (Å²) in [5, 5.41) is 4.90. The molecule has 1 heterocycles. The largest absolute Gasteiger partial charge is 0.456 e. The van der Waals surface area contributed by atoms with E-state index >= 15 is 0 Å². The van der Waals surface area contributed by atoms with E-state index < -0.39 is 0 Å². The highest BCUT2D eigenvalue weighted by atomic mass is 16.3. The summed E-state index contributed by atoms with van der Waals surface area (Å²) < 4.78 is 6.11. The van der Waals surface area contributed by atoms with Crippen LogP contribution in [0.5, 0.6) is 0 Å². The second-order valence-corrected chi connectivity index (χ2v) is 9.41. The molecule has 0 atom stereocenters. The molecule has 0 aliphatic rings. The molecule has 0 unspecified atom stereocenters. The van der Waals surface area contributed by atoms with Gasteiger partial charge in [-0.15, -0.1) is 0 Å². The maximum Gasteiger partial charge on any atom is 0.135 e. The fourth-order valence-corrected chi connectivity index (χ4v) is 5.32. The summed E-state index contributed by atoms with van der Waals surface area (Å²) in [7, 11) is 0. The molecule has 170 valence electrons. The molecule has 7 aromatic rings. The second kappa shape index (κ2) is 8.55. The van der Waals surface area contributed by atoms with Crippen molar-refractivity contribution in [3.63, 3.8) is 0 Å². The zero-order valence-corrected chi connectivity index (χ0v) is 19.8. The summed E-state index contributed by atoms with van der Waals surface area (Å²) in [5.74, 6) is 0. The minimum atomic E-state index is 0.865. The van der Waals surface area contributed by atoms with E-state index in [0.29, 0.717) is 0 Å². The van der Waals surface area contributed by atoms with Crippen LogP contribution >= 0.6 is 0 Å². The van der Waals surface area contributed by atoms with Crippen LogP contribution in [0.4, 0.5) is 0 Å². The van der Waals surface area contributed by atoms with Crippen LogP contribution < -0.4 is 0 Å². The minimum absolute atomic E-state index is 0.865. The van der Waals surface area contributed by atoms with Crippen LogP contribution in [-0.2, 0) is 6.42 Å². The van der Waals surface area contributed by atoms with Crippen LogP contribution in [0.15, 0.2) is 138 Å². The fourth-order valence-electron chi connectivity index (χ4n) is 5.32. The lowest BCUT2D eigenvalue weighted by molar-refractivity contribution is 0.668. The number of para-hydroxylation sites is 1. The van der Waals surface area contributed by atoms with Gasteiger partial charge in [-0.25, -0.2) is 0 Å². The molecule has 7 rings (SSSR count). The monoisotopic (exact) mass is 460 g/mol. The van der Waals surface area contributed by atoms with E-state index in [1.165, 1.54) is 54.9 Å². The normalized spacial score (nSPS) is 11.4. The Morgan fingerprint density at radius 1 is 0.417 bits per heavy atom. The fraction of sp³-hybridized carbons (Fsp3) is 0.0286. The maximum absolute atomic E-state index is 6.11. The summed E-state index contributed by atoms with van der Waals surface area (Å²) >= 11 is 0. The highest BCUT2D eigenvalue weighted by molar-refractivity contribution is 6.05. The van der Waals surface area contributed by atoms with Crippen molar-refractivity contribution in [3.8, 4) is 22.3 Å². The summed E-state index contributed by atoms with van der Waals surface area (Å²) in [6, 6.07) is 47.7. The Labute approximate surface area is 210 Å². The molecule has 1 aromatic heterocycles. The third-order valence-electron chi connectivity index (χ3n) is 7.07. The SMILES string of the molecule is c1cc(Cc2ccc3c(c2)oc2ccccc23)cc(-c2cccc(-c3cccc4ccccc34)c2)c1. The van der Waals surface area contributed by atoms with Gasteiger partial charge in [0.1, 0.15) is 11.2 Å². The lowest BCUT2D eigenvalue weighted by Gasteiger charge is -2.10. The second-order valence-electron chi connectivity index (χ2n) is 9.41. The summed E-state index contributed by atoms with van der Waals surface area (Å²) in [4.78, 5) is 0. The highest BCUT2D eigenvalue weighted by Crippen LogP contribution is 2.33. The van der Waals surface area contributed by atoms with Gasteiger partial charge in [-0.2, -0.15) is 0 Å². The lowest BCUT2D eigenvalue weighted by atomic mass is 9.94. The third kappa shape index (κ3) is 3.66. The Morgan fingerprint density at radius 2 is 1.08 bits per heavy atom. The van der Waals surface area contributed by atoms with Crippen molar-refractivity contribution >= 4 is 32.7 Å². The Balaban J connectivity index is 1.22. The molecule has 1 heteroatoms. The van der Waals surface area contributed by atoms with E-state index in [2.05, 4.69) is 121 Å². The Bertz CT molecular complexity index is 1870. The molecule has 0 saturated heterocycles. The van der Waals surface area contributed by atoms with Crippen molar-refractivity contribution in [2.24, 2.45) is 0 Å². The molecule has 0 saturated carbocycles. The average Bonchev–Trinajstić information content (AvgIpc) is 3.31. The molecule has 0 fully saturated rings. The van der Waals surface area contributed by atoms with Crippen LogP contribution in [0.2, 0.25) is 0 Å². The standard InChI is InChI=1S/C35H24O/c1-2-14-30-26(9-1)10-7-16-31(30)29-13-6-12-28(23-29)27-11-5-8-24(21-27)20-25-18-19-33-32-15-3-4-17-34(32)36-35(33)22-25/h1-19,21-23H,20H2. The Hall–Kier alpha value is -4.62. The number of hydrogen-bond acceptors (Lipinski definition) is 1. The molecular weight excluding hydrogens is 436 g/mol. The molecule has 0 bridgehead atoms. The van der Waals surface area contributed by atoms with Gasteiger partial charge < -0.3 is 4.42 Å². The Kier molecular flexibility index (Phi) is 4.92. The van der Waals surface area contributed by atoms with Gasteiger partial charge in [0.15, 0.2) is 0 Å². The number of furan rings is 1. The van der Waals surface area contributed by atoms with Crippen molar-refractivity contribution < 1.29 is 4.42 Å². The molecule has 0 radical (unpaired) electrons. The molecule has 0 aliphatic carbocycles. The summed E-state index contributed by atoms with van der Waals surface area (Å²) in [6.07, 6.45) is 0.865. The van der Waals surface area contributed by atoms with Crippen molar-refractivity contribution in [3.05, 3.63) is 145 Å². The predicted molar refractivity (Wildman–Crippen MR) is 151 cm³/mol. The minimum Gasteiger partial charge on any atom is -0.456 e.